The van der Waals surface area contributed by atoms with Crippen molar-refractivity contribution in [3.63, 3.8) is 0 Å². The molecule has 4 aromatic rings. The lowest BCUT2D eigenvalue weighted by atomic mass is 9.98. The Hall–Kier alpha value is -3.83. The van der Waals surface area contributed by atoms with Crippen molar-refractivity contribution in [2.45, 2.75) is 6.92 Å². The number of hydrogen-bond acceptors (Lipinski definition) is 2. The monoisotopic (exact) mass is 389 g/mol. The lowest BCUT2D eigenvalue weighted by molar-refractivity contribution is 0.101. The van der Waals surface area contributed by atoms with Crippen molar-refractivity contribution in [3.8, 4) is 23.0 Å². The minimum atomic E-state index is 0.0659. The van der Waals surface area contributed by atoms with Gasteiger partial charge in [0.05, 0.1) is 0 Å². The average Bonchev–Trinajstić information content (AvgIpc) is 2.77. The summed E-state index contributed by atoms with van der Waals surface area (Å²) in [5, 5.41) is 2.49. The summed E-state index contributed by atoms with van der Waals surface area (Å²) in [6.07, 6.45) is 0. The molecule has 30 heavy (non-hydrogen) atoms. The normalized spacial score (nSPS) is 10.4. The van der Waals surface area contributed by atoms with Crippen LogP contribution >= 0.6 is 0 Å². The highest BCUT2D eigenvalue weighted by molar-refractivity contribution is 5.98. The second-order valence-corrected chi connectivity index (χ2v) is 7.57. The van der Waals surface area contributed by atoms with Gasteiger partial charge in [-0.3, -0.25) is 4.79 Å². The number of fused-ring (bicyclic) bond motifs is 1. The molecule has 2 nitrogen and oxygen atoms in total. The molecule has 0 saturated heterocycles. The van der Waals surface area contributed by atoms with Gasteiger partial charge in [-0.05, 0) is 59.8 Å². The van der Waals surface area contributed by atoms with E-state index in [4.69, 9.17) is 0 Å². The minimum Gasteiger partial charge on any atom is -0.377 e. The number of carbonyl (C=O) groups excluding carboxylic acids is 1. The molecule has 0 fully saturated rings. The predicted molar refractivity (Wildman–Crippen MR) is 126 cm³/mol. The maximum Gasteiger partial charge on any atom is 0.159 e. The van der Waals surface area contributed by atoms with Gasteiger partial charge in [0.25, 0.3) is 0 Å². The molecular formula is C28H23NO. The molecule has 0 aliphatic carbocycles. The van der Waals surface area contributed by atoms with Crippen LogP contribution in [-0.4, -0.2) is 19.9 Å². The Bertz CT molecular complexity index is 1270. The van der Waals surface area contributed by atoms with E-state index in [1.165, 1.54) is 27.6 Å². The highest BCUT2D eigenvalue weighted by atomic mass is 16.1. The molecule has 0 N–H and O–H groups in total. The molecule has 2 heteroatoms. The summed E-state index contributed by atoms with van der Waals surface area (Å²) in [6, 6.07) is 28.7. The third kappa shape index (κ3) is 4.11. The molecule has 0 radical (unpaired) electrons. The topological polar surface area (TPSA) is 20.3 Å². The zero-order valence-electron chi connectivity index (χ0n) is 17.4. The SMILES string of the molecule is CC(=O)c1ccc(C#Cc2ccc(-c3cc(N(C)C)c4ccccc4c3)cc2)cc1. The van der Waals surface area contributed by atoms with Gasteiger partial charge >= 0.3 is 0 Å². The summed E-state index contributed by atoms with van der Waals surface area (Å²) < 4.78 is 0. The summed E-state index contributed by atoms with van der Waals surface area (Å²) in [6.45, 7) is 1.57. The van der Waals surface area contributed by atoms with E-state index in [9.17, 15) is 4.79 Å². The molecular weight excluding hydrogens is 366 g/mol. The lowest BCUT2D eigenvalue weighted by Crippen LogP contribution is -2.09. The average molecular weight is 389 g/mol. The van der Waals surface area contributed by atoms with Crippen molar-refractivity contribution < 1.29 is 4.79 Å². The number of ketones is 1. The number of Topliss-reactive ketones (excluding diaryl/α,β-unsaturated/α-hetero) is 1. The molecule has 4 aromatic carbocycles. The molecule has 0 aliphatic rings. The summed E-state index contributed by atoms with van der Waals surface area (Å²) in [5.41, 5.74) is 6.13. The number of rotatable bonds is 3. The van der Waals surface area contributed by atoms with Gasteiger partial charge in [0.15, 0.2) is 5.78 Å². The van der Waals surface area contributed by atoms with Crippen LogP contribution < -0.4 is 4.90 Å². The van der Waals surface area contributed by atoms with E-state index in [-0.39, 0.29) is 5.78 Å². The minimum absolute atomic E-state index is 0.0659. The van der Waals surface area contributed by atoms with Gasteiger partial charge in [-0.1, -0.05) is 60.4 Å². The molecule has 0 atom stereocenters. The summed E-state index contributed by atoms with van der Waals surface area (Å²) >= 11 is 0. The van der Waals surface area contributed by atoms with Crippen molar-refractivity contribution in [2.24, 2.45) is 0 Å². The van der Waals surface area contributed by atoms with Gasteiger partial charge in [-0.15, -0.1) is 0 Å². The molecule has 0 spiro atoms. The van der Waals surface area contributed by atoms with E-state index in [1.807, 2.05) is 24.3 Å². The van der Waals surface area contributed by atoms with E-state index < -0.39 is 0 Å². The lowest BCUT2D eigenvalue weighted by Gasteiger charge is -2.17. The maximum atomic E-state index is 11.4. The Morgan fingerprint density at radius 2 is 1.33 bits per heavy atom. The van der Waals surface area contributed by atoms with Crippen LogP contribution in [0.3, 0.4) is 0 Å². The van der Waals surface area contributed by atoms with E-state index in [2.05, 4.69) is 91.5 Å². The second-order valence-electron chi connectivity index (χ2n) is 7.57. The molecule has 0 heterocycles. The van der Waals surface area contributed by atoms with Crippen LogP contribution in [0.4, 0.5) is 5.69 Å². The van der Waals surface area contributed by atoms with Crippen molar-refractivity contribution in [1.82, 2.24) is 0 Å². The van der Waals surface area contributed by atoms with Crippen LogP contribution in [0.1, 0.15) is 28.4 Å². The zero-order valence-corrected chi connectivity index (χ0v) is 17.4. The predicted octanol–water partition coefficient (Wildman–Crippen LogP) is 6.18. The van der Waals surface area contributed by atoms with E-state index in [1.54, 1.807) is 6.92 Å². The second kappa shape index (κ2) is 8.27. The van der Waals surface area contributed by atoms with Gasteiger partial charge < -0.3 is 4.90 Å². The Balaban J connectivity index is 1.62. The molecule has 0 aromatic heterocycles. The van der Waals surface area contributed by atoms with Crippen molar-refractivity contribution >= 4 is 22.2 Å². The summed E-state index contributed by atoms with van der Waals surface area (Å²) in [4.78, 5) is 13.5. The Labute approximate surface area is 177 Å². The van der Waals surface area contributed by atoms with Crippen LogP contribution in [0.25, 0.3) is 21.9 Å². The van der Waals surface area contributed by atoms with Gasteiger partial charge in [0.1, 0.15) is 0 Å². The number of nitrogens with zero attached hydrogens (tertiary/aromatic N) is 1. The van der Waals surface area contributed by atoms with Crippen LogP contribution in [0.5, 0.6) is 0 Å². The Morgan fingerprint density at radius 1 is 0.733 bits per heavy atom. The number of anilines is 1. The molecule has 0 unspecified atom stereocenters. The van der Waals surface area contributed by atoms with Crippen LogP contribution in [0.15, 0.2) is 84.9 Å². The summed E-state index contributed by atoms with van der Waals surface area (Å²) in [7, 11) is 4.15. The molecule has 4 rings (SSSR count). The third-order valence-corrected chi connectivity index (χ3v) is 5.18. The number of carbonyl (C=O) groups is 1. The van der Waals surface area contributed by atoms with E-state index in [0.717, 1.165) is 11.1 Å². The van der Waals surface area contributed by atoms with E-state index in [0.29, 0.717) is 5.56 Å². The first-order valence-electron chi connectivity index (χ1n) is 9.95. The first-order valence-corrected chi connectivity index (χ1v) is 9.95. The molecule has 0 bridgehead atoms. The highest BCUT2D eigenvalue weighted by Gasteiger charge is 2.07. The van der Waals surface area contributed by atoms with E-state index >= 15 is 0 Å². The maximum absolute atomic E-state index is 11.4. The third-order valence-electron chi connectivity index (χ3n) is 5.18. The van der Waals surface area contributed by atoms with Gasteiger partial charge in [-0.25, -0.2) is 0 Å². The number of hydrogen-bond donors (Lipinski definition) is 0. The summed E-state index contributed by atoms with van der Waals surface area (Å²) in [5.74, 6) is 6.44. The fourth-order valence-electron chi connectivity index (χ4n) is 3.51. The van der Waals surface area contributed by atoms with Gasteiger partial charge in [-0.2, -0.15) is 0 Å². The quantitative estimate of drug-likeness (QED) is 0.308. The fourth-order valence-corrected chi connectivity index (χ4v) is 3.51. The number of benzene rings is 4. The Morgan fingerprint density at radius 3 is 1.93 bits per heavy atom. The molecule has 0 aliphatic heterocycles. The van der Waals surface area contributed by atoms with Crippen LogP contribution in [0, 0.1) is 11.8 Å². The van der Waals surface area contributed by atoms with Crippen molar-refractivity contribution in [2.75, 3.05) is 19.0 Å². The molecule has 146 valence electrons. The van der Waals surface area contributed by atoms with Crippen molar-refractivity contribution in [3.05, 3.63) is 102 Å². The highest BCUT2D eigenvalue weighted by Crippen LogP contribution is 2.32. The van der Waals surface area contributed by atoms with Gasteiger partial charge in [0.2, 0.25) is 0 Å². The largest absolute Gasteiger partial charge is 0.377 e. The fraction of sp³-hybridized carbons (Fsp3) is 0.107. The first kappa shape index (κ1) is 19.5. The van der Waals surface area contributed by atoms with Crippen molar-refractivity contribution in [1.29, 1.82) is 0 Å². The van der Waals surface area contributed by atoms with Crippen LogP contribution in [-0.2, 0) is 0 Å². The smallest absolute Gasteiger partial charge is 0.159 e. The molecule has 0 saturated carbocycles. The van der Waals surface area contributed by atoms with Crippen LogP contribution in [0.2, 0.25) is 0 Å². The standard InChI is InChI=1S/C28H23NO/c1-20(30)23-14-10-21(11-15-23)8-9-22-12-16-24(17-13-22)26-18-25-6-4-5-7-27(25)28(19-26)29(2)3/h4-7,10-19H,1-3H3. The first-order chi connectivity index (χ1) is 14.5. The van der Waals surface area contributed by atoms with Gasteiger partial charge in [0, 0.05) is 41.9 Å². The molecule has 0 amide bonds. The zero-order chi connectivity index (χ0) is 21.1. The Kier molecular flexibility index (Phi) is 5.37.